The van der Waals surface area contributed by atoms with E-state index in [4.69, 9.17) is 4.74 Å². The first-order chi connectivity index (χ1) is 22.3. The molecule has 0 fully saturated rings. The summed E-state index contributed by atoms with van der Waals surface area (Å²) in [6.07, 6.45) is 0.247. The normalized spacial score (nSPS) is 12.2. The monoisotopic (exact) mass is 655 g/mol. The lowest BCUT2D eigenvalue weighted by atomic mass is 10.0. The molecule has 248 valence electrons. The summed E-state index contributed by atoms with van der Waals surface area (Å²) in [4.78, 5) is 30.1. The number of hydrogen-bond donors (Lipinski definition) is 1. The maximum Gasteiger partial charge on any atom is 0.264 e. The van der Waals surface area contributed by atoms with Gasteiger partial charge in [-0.3, -0.25) is 13.9 Å². The van der Waals surface area contributed by atoms with Crippen LogP contribution in [0.2, 0.25) is 0 Å². The number of amides is 2. The van der Waals surface area contributed by atoms with Gasteiger partial charge in [0.05, 0.1) is 17.2 Å². The molecular formula is C38H45N3O5S. The molecule has 4 rings (SSSR count). The van der Waals surface area contributed by atoms with Gasteiger partial charge in [0, 0.05) is 18.5 Å². The minimum Gasteiger partial charge on any atom is -0.494 e. The van der Waals surface area contributed by atoms with Crippen molar-refractivity contribution in [1.29, 1.82) is 0 Å². The highest BCUT2D eigenvalue weighted by atomic mass is 32.2. The molecule has 8 nitrogen and oxygen atoms in total. The number of carbonyl (C=O) groups excluding carboxylic acids is 2. The van der Waals surface area contributed by atoms with E-state index in [1.165, 1.54) is 17.0 Å². The highest BCUT2D eigenvalue weighted by Crippen LogP contribution is 2.27. The van der Waals surface area contributed by atoms with Crippen LogP contribution in [-0.4, -0.2) is 49.9 Å². The molecule has 0 radical (unpaired) electrons. The number of sulfonamides is 1. The molecule has 4 aromatic rings. The van der Waals surface area contributed by atoms with Crippen LogP contribution in [0.5, 0.6) is 5.75 Å². The number of nitrogens with zero attached hydrogens (tertiary/aromatic N) is 2. The summed E-state index contributed by atoms with van der Waals surface area (Å²) in [6, 6.07) is 29.5. The van der Waals surface area contributed by atoms with Gasteiger partial charge in [-0.1, -0.05) is 77.9 Å². The van der Waals surface area contributed by atoms with Gasteiger partial charge in [0.15, 0.2) is 0 Å². The number of hydrogen-bond acceptors (Lipinski definition) is 5. The molecule has 0 aromatic heterocycles. The molecule has 0 saturated carbocycles. The van der Waals surface area contributed by atoms with Gasteiger partial charge in [-0.05, 0) is 89.1 Å². The van der Waals surface area contributed by atoms with Crippen molar-refractivity contribution in [1.82, 2.24) is 10.2 Å². The Hall–Kier alpha value is -4.63. The van der Waals surface area contributed by atoms with Crippen LogP contribution in [0.4, 0.5) is 5.69 Å². The lowest BCUT2D eigenvalue weighted by Gasteiger charge is -2.35. The summed E-state index contributed by atoms with van der Waals surface area (Å²) in [5, 5.41) is 3.06. The molecule has 4 aromatic carbocycles. The fraction of sp³-hybridized carbons (Fsp3) is 0.316. The first-order valence-corrected chi connectivity index (χ1v) is 17.2. The zero-order valence-electron chi connectivity index (χ0n) is 28.1. The second-order valence-corrected chi connectivity index (χ2v) is 14.6. The van der Waals surface area contributed by atoms with E-state index in [2.05, 4.69) is 5.32 Å². The third kappa shape index (κ3) is 9.68. The van der Waals surface area contributed by atoms with Crippen molar-refractivity contribution in [3.63, 3.8) is 0 Å². The molecule has 9 heteroatoms. The average molecular weight is 656 g/mol. The maximum atomic E-state index is 14.6. The fourth-order valence-corrected chi connectivity index (χ4v) is 6.55. The van der Waals surface area contributed by atoms with E-state index in [9.17, 15) is 18.0 Å². The molecule has 0 unspecified atom stereocenters. The number of anilines is 1. The first kappa shape index (κ1) is 35.2. The number of aryl methyl sites for hydroxylation is 2. The summed E-state index contributed by atoms with van der Waals surface area (Å²) in [6.45, 7) is 11.4. The van der Waals surface area contributed by atoms with Crippen molar-refractivity contribution in [2.75, 3.05) is 17.5 Å². The molecule has 1 N–H and O–H groups in total. The first-order valence-electron chi connectivity index (χ1n) is 15.8. The Labute approximate surface area is 279 Å². The van der Waals surface area contributed by atoms with Crippen molar-refractivity contribution in [2.45, 2.75) is 71.0 Å². The van der Waals surface area contributed by atoms with Crippen LogP contribution in [0, 0.1) is 13.8 Å². The van der Waals surface area contributed by atoms with Crippen LogP contribution in [0.3, 0.4) is 0 Å². The predicted molar refractivity (Wildman–Crippen MR) is 187 cm³/mol. The van der Waals surface area contributed by atoms with E-state index in [-0.39, 0.29) is 23.8 Å². The molecule has 47 heavy (non-hydrogen) atoms. The van der Waals surface area contributed by atoms with E-state index in [1.54, 1.807) is 36.4 Å². The lowest BCUT2D eigenvalue weighted by Crippen LogP contribution is -2.56. The largest absolute Gasteiger partial charge is 0.494 e. The molecule has 0 aliphatic heterocycles. The molecular weight excluding hydrogens is 611 g/mol. The summed E-state index contributed by atoms with van der Waals surface area (Å²) < 4.78 is 35.2. The molecule has 2 amide bonds. The van der Waals surface area contributed by atoms with Crippen molar-refractivity contribution in [2.24, 2.45) is 0 Å². The second-order valence-electron chi connectivity index (χ2n) is 12.7. The Morgan fingerprint density at radius 2 is 1.36 bits per heavy atom. The fourth-order valence-electron chi connectivity index (χ4n) is 5.14. The van der Waals surface area contributed by atoms with E-state index in [0.29, 0.717) is 18.0 Å². The standard InChI is InChI=1S/C38H45N3O5S/c1-7-46-33-21-23-34(24-22-33)47(44,45)41(32-19-15-29(3)16-20-32)27-36(42)40(26-31-17-13-28(2)14-18-31)35(37(43)39-38(4,5)6)25-30-11-9-8-10-12-30/h8-24,35H,7,25-27H2,1-6H3,(H,39,43)/t35-/m0/s1. The van der Waals surface area contributed by atoms with Crippen LogP contribution in [0.25, 0.3) is 0 Å². The highest BCUT2D eigenvalue weighted by molar-refractivity contribution is 7.92. The van der Waals surface area contributed by atoms with Gasteiger partial charge in [-0.2, -0.15) is 0 Å². The summed E-state index contributed by atoms with van der Waals surface area (Å²) in [7, 11) is -4.21. The van der Waals surface area contributed by atoms with Gasteiger partial charge >= 0.3 is 0 Å². The Kier molecular flexibility index (Phi) is 11.5. The SMILES string of the molecule is CCOc1ccc(S(=O)(=O)N(CC(=O)N(Cc2ccc(C)cc2)[C@@H](Cc2ccccc2)C(=O)NC(C)(C)C)c2ccc(C)cc2)cc1. The maximum absolute atomic E-state index is 14.6. The number of carbonyl (C=O) groups is 2. The zero-order valence-corrected chi connectivity index (χ0v) is 28.9. The number of ether oxygens (including phenoxy) is 1. The lowest BCUT2D eigenvalue weighted by molar-refractivity contribution is -0.140. The smallest absolute Gasteiger partial charge is 0.264 e. The molecule has 0 saturated heterocycles. The molecule has 0 spiro atoms. The van der Waals surface area contributed by atoms with E-state index >= 15 is 0 Å². The Bertz CT molecular complexity index is 1730. The van der Waals surface area contributed by atoms with Crippen molar-refractivity contribution >= 4 is 27.5 Å². The van der Waals surface area contributed by atoms with Gasteiger partial charge in [-0.25, -0.2) is 8.42 Å². The van der Waals surface area contributed by atoms with Crippen LogP contribution < -0.4 is 14.4 Å². The third-order valence-corrected chi connectivity index (χ3v) is 9.35. The number of benzene rings is 4. The van der Waals surface area contributed by atoms with Gasteiger partial charge in [0.2, 0.25) is 11.8 Å². The molecule has 1 atom stereocenters. The average Bonchev–Trinajstić information content (AvgIpc) is 3.03. The van der Waals surface area contributed by atoms with Crippen LogP contribution in [0.15, 0.2) is 108 Å². The zero-order chi connectivity index (χ0) is 34.2. The Balaban J connectivity index is 1.80. The predicted octanol–water partition coefficient (Wildman–Crippen LogP) is 6.45. The van der Waals surface area contributed by atoms with E-state index in [0.717, 1.165) is 26.6 Å². The van der Waals surface area contributed by atoms with Gasteiger partial charge < -0.3 is 15.0 Å². The van der Waals surface area contributed by atoms with Gasteiger partial charge in [0.1, 0.15) is 18.3 Å². The summed E-state index contributed by atoms with van der Waals surface area (Å²) >= 11 is 0. The minimum absolute atomic E-state index is 0.0192. The highest BCUT2D eigenvalue weighted by Gasteiger charge is 2.35. The second kappa shape index (κ2) is 15.3. The number of rotatable bonds is 13. The molecule has 0 aliphatic rings. The topological polar surface area (TPSA) is 96.0 Å². The number of nitrogens with one attached hydrogen (secondary N) is 1. The third-order valence-electron chi connectivity index (χ3n) is 7.57. The molecule has 0 heterocycles. The minimum atomic E-state index is -4.21. The van der Waals surface area contributed by atoms with Crippen LogP contribution in [-0.2, 0) is 32.6 Å². The Morgan fingerprint density at radius 3 is 1.91 bits per heavy atom. The van der Waals surface area contributed by atoms with Gasteiger partial charge in [-0.15, -0.1) is 0 Å². The van der Waals surface area contributed by atoms with Crippen molar-refractivity contribution in [3.05, 3.63) is 125 Å². The summed E-state index contributed by atoms with van der Waals surface area (Å²) in [5.74, 6) is -0.286. The molecule has 0 aliphatic carbocycles. The van der Waals surface area contributed by atoms with Gasteiger partial charge in [0.25, 0.3) is 10.0 Å². The quantitative estimate of drug-likeness (QED) is 0.179. The van der Waals surface area contributed by atoms with Crippen molar-refractivity contribution in [3.8, 4) is 5.75 Å². The summed E-state index contributed by atoms with van der Waals surface area (Å²) in [5.41, 5.74) is 3.48. The van der Waals surface area contributed by atoms with E-state index in [1.807, 2.05) is 96.1 Å². The van der Waals surface area contributed by atoms with Crippen LogP contribution in [0.1, 0.15) is 49.9 Å². The van der Waals surface area contributed by atoms with E-state index < -0.39 is 34.1 Å². The Morgan fingerprint density at radius 1 is 0.787 bits per heavy atom. The van der Waals surface area contributed by atoms with Crippen molar-refractivity contribution < 1.29 is 22.7 Å². The molecule has 0 bridgehead atoms. The van der Waals surface area contributed by atoms with Crippen LogP contribution >= 0.6 is 0 Å².